The minimum atomic E-state index is -0.564. The third-order valence-corrected chi connectivity index (χ3v) is 7.72. The van der Waals surface area contributed by atoms with Gasteiger partial charge in [0.05, 0.1) is 18.6 Å². The normalized spacial score (nSPS) is 19.0. The van der Waals surface area contributed by atoms with E-state index in [1.807, 2.05) is 60.7 Å². The highest BCUT2D eigenvalue weighted by molar-refractivity contribution is 7.98. The molecule has 2 atom stereocenters. The molecule has 2 amide bonds. The maximum Gasteiger partial charge on any atom is 0.305 e. The molecule has 0 unspecified atom stereocenters. The van der Waals surface area contributed by atoms with Crippen molar-refractivity contribution in [2.24, 2.45) is 5.92 Å². The van der Waals surface area contributed by atoms with Gasteiger partial charge in [0.1, 0.15) is 6.61 Å². The first-order chi connectivity index (χ1) is 19.0. The Kier molecular flexibility index (Phi) is 13.6. The van der Waals surface area contributed by atoms with Gasteiger partial charge in [-0.1, -0.05) is 72.8 Å². The Morgan fingerprint density at radius 3 is 2.44 bits per heavy atom. The molecule has 0 saturated heterocycles. The van der Waals surface area contributed by atoms with E-state index >= 15 is 0 Å². The van der Waals surface area contributed by atoms with Gasteiger partial charge in [-0.25, -0.2) is 0 Å². The monoisotopic (exact) mass is 552 g/mol. The number of benzene rings is 2. The highest BCUT2D eigenvalue weighted by Gasteiger charge is 2.26. The SMILES string of the molecule is O=C1CCCCC=CC[C@H](CC(=O)N(CCO)Cc2ccccc2)C(=O)N[C@@H](CSCc2ccccc2)CO1. The van der Waals surface area contributed by atoms with E-state index in [1.165, 1.54) is 5.56 Å². The predicted molar refractivity (Wildman–Crippen MR) is 155 cm³/mol. The van der Waals surface area contributed by atoms with Crippen molar-refractivity contribution in [1.82, 2.24) is 10.2 Å². The van der Waals surface area contributed by atoms with Gasteiger partial charge in [-0.2, -0.15) is 11.8 Å². The number of amides is 2. The number of carbonyl (C=O) groups is 3. The summed E-state index contributed by atoms with van der Waals surface area (Å²) in [4.78, 5) is 40.6. The zero-order valence-electron chi connectivity index (χ0n) is 22.5. The number of hydrogen-bond donors (Lipinski definition) is 2. The number of hydrogen-bond acceptors (Lipinski definition) is 6. The minimum Gasteiger partial charge on any atom is -0.463 e. The summed E-state index contributed by atoms with van der Waals surface area (Å²) in [7, 11) is 0. The maximum absolute atomic E-state index is 13.5. The molecule has 2 aromatic carbocycles. The lowest BCUT2D eigenvalue weighted by Gasteiger charge is -2.26. The molecule has 0 aromatic heterocycles. The molecular weight excluding hydrogens is 512 g/mol. The number of cyclic esters (lactones) is 1. The summed E-state index contributed by atoms with van der Waals surface area (Å²) >= 11 is 1.67. The zero-order valence-corrected chi connectivity index (χ0v) is 23.3. The van der Waals surface area contributed by atoms with Gasteiger partial charge in [0, 0.05) is 37.4 Å². The first-order valence-corrected chi connectivity index (χ1v) is 14.9. The van der Waals surface area contributed by atoms with Crippen LogP contribution in [0, 0.1) is 5.92 Å². The molecule has 2 N–H and O–H groups in total. The molecule has 39 heavy (non-hydrogen) atoms. The number of aliphatic hydroxyl groups is 1. The van der Waals surface area contributed by atoms with Crippen LogP contribution in [0.25, 0.3) is 0 Å². The van der Waals surface area contributed by atoms with Crippen molar-refractivity contribution in [2.75, 3.05) is 25.5 Å². The molecule has 8 heteroatoms. The molecule has 0 bridgehead atoms. The van der Waals surface area contributed by atoms with Crippen LogP contribution >= 0.6 is 11.8 Å². The summed E-state index contributed by atoms with van der Waals surface area (Å²) in [5.74, 6) is 0.136. The Bertz CT molecular complexity index is 1050. The number of ether oxygens (including phenoxy) is 1. The molecule has 210 valence electrons. The van der Waals surface area contributed by atoms with Gasteiger partial charge in [-0.3, -0.25) is 14.4 Å². The summed E-state index contributed by atoms with van der Waals surface area (Å²) in [6, 6.07) is 19.3. The van der Waals surface area contributed by atoms with Gasteiger partial charge in [0.15, 0.2) is 0 Å². The largest absolute Gasteiger partial charge is 0.463 e. The van der Waals surface area contributed by atoms with Crippen molar-refractivity contribution >= 4 is 29.5 Å². The van der Waals surface area contributed by atoms with Crippen LogP contribution < -0.4 is 5.32 Å². The van der Waals surface area contributed by atoms with Crippen LogP contribution in [0.1, 0.15) is 49.7 Å². The Hall–Kier alpha value is -3.10. The highest BCUT2D eigenvalue weighted by atomic mass is 32.2. The second kappa shape index (κ2) is 17.5. The number of aliphatic hydroxyl groups excluding tert-OH is 1. The zero-order chi connectivity index (χ0) is 27.7. The standard InChI is InChI=1S/C31H40N2O5S/c34-19-18-33(21-25-12-6-4-7-13-25)29(35)20-27-16-10-2-1-3-11-17-30(36)38-22-28(32-31(27)37)24-39-23-26-14-8-5-9-15-26/h2,4-10,12-15,27-28,34H,1,3,11,16-24H2,(H,32,37)/t27-,28-/m1/s1. The fourth-order valence-electron chi connectivity index (χ4n) is 4.36. The smallest absolute Gasteiger partial charge is 0.305 e. The van der Waals surface area contributed by atoms with E-state index in [4.69, 9.17) is 4.74 Å². The molecule has 0 fully saturated rings. The van der Waals surface area contributed by atoms with Crippen LogP contribution in [0.2, 0.25) is 0 Å². The molecule has 3 rings (SSSR count). The molecule has 7 nitrogen and oxygen atoms in total. The number of nitrogens with zero attached hydrogens (tertiary/aromatic N) is 1. The Morgan fingerprint density at radius 2 is 1.72 bits per heavy atom. The molecule has 0 spiro atoms. The van der Waals surface area contributed by atoms with E-state index in [-0.39, 0.29) is 50.0 Å². The second-order valence-corrected chi connectivity index (χ2v) is 10.8. The van der Waals surface area contributed by atoms with Crippen molar-refractivity contribution in [3.05, 3.63) is 83.9 Å². The summed E-state index contributed by atoms with van der Waals surface area (Å²) in [6.45, 7) is 0.528. The molecule has 1 aliphatic rings. The van der Waals surface area contributed by atoms with Crippen molar-refractivity contribution in [3.63, 3.8) is 0 Å². The van der Waals surface area contributed by atoms with E-state index in [9.17, 15) is 19.5 Å². The molecule has 1 heterocycles. The lowest BCUT2D eigenvalue weighted by Crippen LogP contribution is -2.45. The van der Waals surface area contributed by atoms with Crippen LogP contribution in [0.4, 0.5) is 0 Å². The molecule has 0 saturated carbocycles. The van der Waals surface area contributed by atoms with Crippen molar-refractivity contribution in [2.45, 2.75) is 56.9 Å². The Balaban J connectivity index is 1.69. The first-order valence-electron chi connectivity index (χ1n) is 13.7. The number of carbonyl (C=O) groups excluding carboxylic acids is 3. The number of esters is 1. The highest BCUT2D eigenvalue weighted by Crippen LogP contribution is 2.18. The van der Waals surface area contributed by atoms with Crippen LogP contribution in [0.5, 0.6) is 0 Å². The van der Waals surface area contributed by atoms with E-state index in [2.05, 4.69) is 17.4 Å². The average molecular weight is 553 g/mol. The molecule has 0 radical (unpaired) electrons. The lowest BCUT2D eigenvalue weighted by molar-refractivity contribution is -0.145. The van der Waals surface area contributed by atoms with Gasteiger partial charge < -0.3 is 20.1 Å². The maximum atomic E-state index is 13.5. The van der Waals surface area contributed by atoms with Crippen molar-refractivity contribution < 1.29 is 24.2 Å². The predicted octanol–water partition coefficient (Wildman–Crippen LogP) is 4.50. The number of rotatable bonds is 10. The second-order valence-electron chi connectivity index (χ2n) is 9.77. The summed E-state index contributed by atoms with van der Waals surface area (Å²) in [6.07, 6.45) is 7.24. The number of allylic oxidation sites excluding steroid dienone is 2. The number of thioether (sulfide) groups is 1. The molecule has 0 aliphatic carbocycles. The van der Waals surface area contributed by atoms with Gasteiger partial charge in [-0.05, 0) is 36.8 Å². The molecule has 2 aromatic rings. The Morgan fingerprint density at radius 1 is 1.00 bits per heavy atom. The van der Waals surface area contributed by atoms with Gasteiger partial charge in [-0.15, -0.1) is 0 Å². The van der Waals surface area contributed by atoms with Crippen LogP contribution in [-0.2, 0) is 31.4 Å². The fraction of sp³-hybridized carbons (Fsp3) is 0.452. The van der Waals surface area contributed by atoms with Crippen molar-refractivity contribution in [3.8, 4) is 0 Å². The van der Waals surface area contributed by atoms with Crippen molar-refractivity contribution in [1.29, 1.82) is 0 Å². The van der Waals surface area contributed by atoms with Crippen LogP contribution in [0.15, 0.2) is 72.8 Å². The third-order valence-electron chi connectivity index (χ3n) is 6.54. The quantitative estimate of drug-likeness (QED) is 0.333. The summed E-state index contributed by atoms with van der Waals surface area (Å²) in [5.41, 5.74) is 2.15. The summed E-state index contributed by atoms with van der Waals surface area (Å²) in [5, 5.41) is 12.6. The average Bonchev–Trinajstić information content (AvgIpc) is 2.95. The van der Waals surface area contributed by atoms with E-state index in [1.54, 1.807) is 16.7 Å². The fourth-order valence-corrected chi connectivity index (χ4v) is 5.37. The number of nitrogens with one attached hydrogen (secondary N) is 1. The molecular formula is C31H40N2O5S. The minimum absolute atomic E-state index is 0.0344. The van der Waals surface area contributed by atoms with Gasteiger partial charge in [0.2, 0.25) is 11.8 Å². The summed E-state index contributed by atoms with van der Waals surface area (Å²) < 4.78 is 5.52. The van der Waals surface area contributed by atoms with E-state index in [0.717, 1.165) is 30.6 Å². The van der Waals surface area contributed by atoms with Crippen LogP contribution in [-0.4, -0.2) is 59.3 Å². The topological polar surface area (TPSA) is 95.9 Å². The first kappa shape index (κ1) is 30.4. The Labute approximate surface area is 236 Å². The van der Waals surface area contributed by atoms with E-state index < -0.39 is 5.92 Å². The van der Waals surface area contributed by atoms with Crippen LogP contribution in [0.3, 0.4) is 0 Å². The third kappa shape index (κ3) is 11.7. The van der Waals surface area contributed by atoms with E-state index in [0.29, 0.717) is 25.1 Å². The van der Waals surface area contributed by atoms with Gasteiger partial charge in [0.25, 0.3) is 0 Å². The lowest BCUT2D eigenvalue weighted by atomic mass is 9.98. The molecule has 1 aliphatic heterocycles. The van der Waals surface area contributed by atoms with Gasteiger partial charge >= 0.3 is 5.97 Å².